The van der Waals surface area contributed by atoms with Crippen molar-refractivity contribution < 1.29 is 4.74 Å². The van der Waals surface area contributed by atoms with E-state index in [-0.39, 0.29) is 5.56 Å². The smallest absolute Gasteiger partial charge is 0.291 e. The molecule has 3 heterocycles. The third-order valence-corrected chi connectivity index (χ3v) is 7.59. The van der Waals surface area contributed by atoms with Crippen LogP contribution in [0, 0.1) is 12.8 Å². The number of ether oxygens (including phenoxy) is 1. The molecule has 0 unspecified atom stereocenters. The van der Waals surface area contributed by atoms with E-state index >= 15 is 0 Å². The summed E-state index contributed by atoms with van der Waals surface area (Å²) in [5, 5.41) is 9.40. The average Bonchev–Trinajstić information content (AvgIpc) is 3.65. The lowest BCUT2D eigenvalue weighted by molar-refractivity contribution is 0.289. The Morgan fingerprint density at radius 1 is 0.925 bits per heavy atom. The highest BCUT2D eigenvalue weighted by Gasteiger charge is 2.15. The molecule has 3 aromatic carbocycles. The van der Waals surface area contributed by atoms with E-state index in [0.29, 0.717) is 27.8 Å². The average molecular weight is 548 g/mol. The first-order valence-corrected chi connectivity index (χ1v) is 14.1. The maximum atomic E-state index is 13.3. The summed E-state index contributed by atoms with van der Waals surface area (Å²) >= 11 is 1.32. The molecule has 0 aliphatic rings. The van der Waals surface area contributed by atoms with Gasteiger partial charge in [-0.2, -0.15) is 14.6 Å². The zero-order chi connectivity index (χ0) is 27.6. The fourth-order valence-corrected chi connectivity index (χ4v) is 5.25. The highest BCUT2D eigenvalue weighted by molar-refractivity contribution is 7.15. The van der Waals surface area contributed by atoms with E-state index in [0.717, 1.165) is 45.8 Å². The normalized spacial score (nSPS) is 12.1. The number of aryl methyl sites for hydroxylation is 1. The summed E-state index contributed by atoms with van der Waals surface area (Å²) in [5.74, 6) is 1.96. The predicted octanol–water partition coefficient (Wildman–Crippen LogP) is 5.95. The minimum atomic E-state index is -0.196. The van der Waals surface area contributed by atoms with Gasteiger partial charge in [0, 0.05) is 22.9 Å². The number of thiazole rings is 1. The molecule has 6 rings (SSSR count). The van der Waals surface area contributed by atoms with Crippen molar-refractivity contribution in [2.24, 2.45) is 5.92 Å². The number of fused-ring (bicyclic) bond motifs is 1. The molecule has 0 radical (unpaired) electrons. The molecule has 0 aliphatic heterocycles. The van der Waals surface area contributed by atoms with Gasteiger partial charge in [0.2, 0.25) is 4.96 Å². The summed E-state index contributed by atoms with van der Waals surface area (Å²) in [6, 6.07) is 25.8. The van der Waals surface area contributed by atoms with Crippen molar-refractivity contribution in [1.29, 1.82) is 0 Å². The topological polar surface area (TPSA) is 74.3 Å². The van der Waals surface area contributed by atoms with Crippen LogP contribution in [0.5, 0.6) is 5.75 Å². The quantitative estimate of drug-likeness (QED) is 0.235. The van der Waals surface area contributed by atoms with Crippen LogP contribution in [0.4, 0.5) is 0 Å². The molecule has 0 bridgehead atoms. The number of aromatic nitrogens is 5. The standard InChI is InChI=1S/C32H29N5O2S/c1-21(2)17-18-39-27-15-13-23(14-16-27)29-25(20-36(34-29)26-7-5-4-6-8-26)19-28-31(38)37-32(40-28)33-30(35-37)24-11-9-22(3)10-12-24/h4-16,19-21H,17-18H2,1-3H3/b28-19-. The van der Waals surface area contributed by atoms with Gasteiger partial charge < -0.3 is 4.74 Å². The molecule has 6 aromatic rings. The number of rotatable bonds is 8. The summed E-state index contributed by atoms with van der Waals surface area (Å²) in [7, 11) is 0. The lowest BCUT2D eigenvalue weighted by atomic mass is 10.1. The Morgan fingerprint density at radius 2 is 1.65 bits per heavy atom. The van der Waals surface area contributed by atoms with Crippen LogP contribution in [0.3, 0.4) is 0 Å². The molecule has 40 heavy (non-hydrogen) atoms. The van der Waals surface area contributed by atoms with Gasteiger partial charge in [-0.25, -0.2) is 4.68 Å². The van der Waals surface area contributed by atoms with E-state index in [9.17, 15) is 4.79 Å². The summed E-state index contributed by atoms with van der Waals surface area (Å²) in [6.45, 7) is 7.09. The number of para-hydroxylation sites is 1. The van der Waals surface area contributed by atoms with Crippen molar-refractivity contribution in [1.82, 2.24) is 24.4 Å². The molecule has 0 saturated heterocycles. The van der Waals surface area contributed by atoms with Crippen molar-refractivity contribution in [3.63, 3.8) is 0 Å². The minimum Gasteiger partial charge on any atom is -0.494 e. The highest BCUT2D eigenvalue weighted by Crippen LogP contribution is 2.27. The lowest BCUT2D eigenvalue weighted by Gasteiger charge is -2.08. The van der Waals surface area contributed by atoms with E-state index in [4.69, 9.17) is 9.84 Å². The largest absolute Gasteiger partial charge is 0.494 e. The van der Waals surface area contributed by atoms with Crippen molar-refractivity contribution in [3.05, 3.63) is 111 Å². The van der Waals surface area contributed by atoms with Gasteiger partial charge in [-0.05, 0) is 61.7 Å². The summed E-state index contributed by atoms with van der Waals surface area (Å²) < 4.78 is 9.68. The predicted molar refractivity (Wildman–Crippen MR) is 160 cm³/mol. The molecule has 0 saturated carbocycles. The molecular formula is C32H29N5O2S. The second kappa shape index (κ2) is 10.9. The minimum absolute atomic E-state index is 0.196. The molecule has 0 spiro atoms. The third-order valence-electron chi connectivity index (χ3n) is 6.63. The van der Waals surface area contributed by atoms with E-state index in [1.807, 2.05) is 103 Å². The van der Waals surface area contributed by atoms with Crippen LogP contribution >= 0.6 is 11.3 Å². The zero-order valence-electron chi connectivity index (χ0n) is 22.6. The Balaban J connectivity index is 1.38. The van der Waals surface area contributed by atoms with Gasteiger partial charge in [-0.3, -0.25) is 4.79 Å². The molecule has 0 N–H and O–H groups in total. The van der Waals surface area contributed by atoms with Crippen molar-refractivity contribution in [2.45, 2.75) is 27.2 Å². The fourth-order valence-electron chi connectivity index (χ4n) is 4.35. The van der Waals surface area contributed by atoms with Gasteiger partial charge in [-0.15, -0.1) is 5.10 Å². The van der Waals surface area contributed by atoms with Crippen LogP contribution in [-0.4, -0.2) is 31.0 Å². The van der Waals surface area contributed by atoms with Gasteiger partial charge in [0.05, 0.1) is 16.8 Å². The van der Waals surface area contributed by atoms with Crippen molar-refractivity contribution >= 4 is 22.4 Å². The maximum Gasteiger partial charge on any atom is 0.291 e. The molecule has 0 atom stereocenters. The van der Waals surface area contributed by atoms with E-state index < -0.39 is 0 Å². The Hall–Kier alpha value is -4.56. The van der Waals surface area contributed by atoms with Crippen LogP contribution in [0.2, 0.25) is 0 Å². The first kappa shape index (κ1) is 25.7. The maximum absolute atomic E-state index is 13.3. The number of hydrogen-bond donors (Lipinski definition) is 0. The first-order chi connectivity index (χ1) is 19.4. The molecule has 0 fully saturated rings. The van der Waals surface area contributed by atoms with Crippen LogP contribution in [-0.2, 0) is 0 Å². The van der Waals surface area contributed by atoms with E-state index in [1.165, 1.54) is 15.9 Å². The van der Waals surface area contributed by atoms with E-state index in [1.54, 1.807) is 0 Å². The lowest BCUT2D eigenvalue weighted by Crippen LogP contribution is -2.23. The Kier molecular flexibility index (Phi) is 7.00. The number of hydrogen-bond acceptors (Lipinski definition) is 6. The molecule has 200 valence electrons. The highest BCUT2D eigenvalue weighted by atomic mass is 32.1. The van der Waals surface area contributed by atoms with E-state index in [2.05, 4.69) is 23.9 Å². The Bertz CT molecular complexity index is 1870. The van der Waals surface area contributed by atoms with Gasteiger partial charge in [0.1, 0.15) is 11.4 Å². The van der Waals surface area contributed by atoms with Gasteiger partial charge in [-0.1, -0.05) is 73.2 Å². The molecule has 7 nitrogen and oxygen atoms in total. The van der Waals surface area contributed by atoms with Gasteiger partial charge in [0.15, 0.2) is 5.82 Å². The van der Waals surface area contributed by atoms with Crippen LogP contribution < -0.4 is 14.8 Å². The third kappa shape index (κ3) is 5.31. The molecular weight excluding hydrogens is 518 g/mol. The Morgan fingerprint density at radius 3 is 2.35 bits per heavy atom. The SMILES string of the molecule is Cc1ccc(-c2nc3s/c(=C\c4cn(-c5ccccc5)nc4-c4ccc(OCCC(C)C)cc4)c(=O)n3n2)cc1. The monoisotopic (exact) mass is 547 g/mol. The molecule has 0 aliphatic carbocycles. The van der Waals surface area contributed by atoms with Crippen molar-refractivity contribution in [2.75, 3.05) is 6.61 Å². The summed E-state index contributed by atoms with van der Waals surface area (Å²) in [4.78, 5) is 18.5. The summed E-state index contributed by atoms with van der Waals surface area (Å²) in [5.41, 5.74) is 5.32. The summed E-state index contributed by atoms with van der Waals surface area (Å²) in [6.07, 6.45) is 4.83. The number of nitrogens with zero attached hydrogens (tertiary/aromatic N) is 5. The molecule has 8 heteroatoms. The van der Waals surface area contributed by atoms with Crippen molar-refractivity contribution in [3.8, 4) is 34.1 Å². The zero-order valence-corrected chi connectivity index (χ0v) is 23.4. The second-order valence-corrected chi connectivity index (χ2v) is 11.2. The molecule has 3 aromatic heterocycles. The second-order valence-electron chi connectivity index (χ2n) is 10.2. The Labute approximate surface area is 236 Å². The van der Waals surface area contributed by atoms with Crippen LogP contribution in [0.25, 0.3) is 39.4 Å². The fraction of sp³-hybridized carbons (Fsp3) is 0.188. The van der Waals surface area contributed by atoms with Gasteiger partial charge >= 0.3 is 0 Å². The van der Waals surface area contributed by atoms with Gasteiger partial charge in [0.25, 0.3) is 5.56 Å². The van der Waals surface area contributed by atoms with Crippen LogP contribution in [0.15, 0.2) is 89.9 Å². The first-order valence-electron chi connectivity index (χ1n) is 13.3. The van der Waals surface area contributed by atoms with Crippen LogP contribution in [0.1, 0.15) is 31.4 Å². The number of benzene rings is 3. The molecule has 0 amide bonds.